The van der Waals surface area contributed by atoms with Crippen molar-refractivity contribution >= 4 is 22.8 Å². The number of hydrogen-bond acceptors (Lipinski definition) is 3. The normalized spacial score (nSPS) is 11.2. The van der Waals surface area contributed by atoms with E-state index in [0.717, 1.165) is 27.6 Å². The number of carbonyl (C=O) groups excluding carboxylic acids is 1. The lowest BCUT2D eigenvalue weighted by Crippen LogP contribution is -2.05. The molecule has 1 N–H and O–H groups in total. The van der Waals surface area contributed by atoms with Gasteiger partial charge in [-0.25, -0.2) is 0 Å². The number of phenolic OH excluding ortho intramolecular Hbond substituents is 1. The molecule has 3 heteroatoms. The quantitative estimate of drug-likeness (QED) is 0.367. The maximum atomic E-state index is 13.2. The Morgan fingerprint density at radius 3 is 2.46 bits per heavy atom. The molecule has 3 nitrogen and oxygen atoms in total. The molecule has 0 fully saturated rings. The van der Waals surface area contributed by atoms with E-state index in [0.29, 0.717) is 11.3 Å². The number of carbonyl (C=O) groups is 1. The number of para-hydroxylation sites is 1. The van der Waals surface area contributed by atoms with Crippen molar-refractivity contribution < 1.29 is 9.90 Å². The number of aromatic hydroxyl groups is 1. The van der Waals surface area contributed by atoms with E-state index in [1.165, 1.54) is 0 Å². The van der Waals surface area contributed by atoms with Crippen LogP contribution in [0.3, 0.4) is 0 Å². The Morgan fingerprint density at radius 1 is 0.929 bits per heavy atom. The van der Waals surface area contributed by atoms with Gasteiger partial charge >= 0.3 is 0 Å². The number of allylic oxidation sites excluding steroid dienone is 1. The first kappa shape index (κ1) is 17.7. The van der Waals surface area contributed by atoms with Crippen LogP contribution in [0.15, 0.2) is 84.9 Å². The van der Waals surface area contributed by atoms with Gasteiger partial charge in [0.05, 0.1) is 11.1 Å². The number of phenols is 1. The molecule has 0 bridgehead atoms. The molecule has 0 radical (unpaired) electrons. The van der Waals surface area contributed by atoms with Crippen molar-refractivity contribution in [3.05, 3.63) is 102 Å². The molecular weight excluding hydrogens is 346 g/mol. The molecule has 0 spiro atoms. The van der Waals surface area contributed by atoms with Crippen LogP contribution in [0.25, 0.3) is 28.1 Å². The lowest BCUT2D eigenvalue weighted by Gasteiger charge is -2.14. The number of aromatic nitrogens is 1. The molecule has 4 rings (SSSR count). The fraction of sp³-hybridized carbons (Fsp3) is 0.0400. The van der Waals surface area contributed by atoms with Crippen LogP contribution < -0.4 is 0 Å². The average Bonchev–Trinajstić information content (AvgIpc) is 2.71. The maximum Gasteiger partial charge on any atom is 0.188 e. The molecule has 0 atom stereocenters. The topological polar surface area (TPSA) is 50.2 Å². The van der Waals surface area contributed by atoms with Gasteiger partial charge in [-0.15, -0.1) is 0 Å². The van der Waals surface area contributed by atoms with E-state index in [9.17, 15) is 9.90 Å². The SMILES string of the molecule is Cc1nc2ccccc2c(-c2ccccc2)c1C(=O)/C=C/c1cccc(O)c1. The summed E-state index contributed by atoms with van der Waals surface area (Å²) in [5, 5.41) is 10.6. The Balaban J connectivity index is 1.88. The number of hydrogen-bond donors (Lipinski definition) is 1. The van der Waals surface area contributed by atoms with E-state index < -0.39 is 0 Å². The van der Waals surface area contributed by atoms with Crippen molar-refractivity contribution in [2.24, 2.45) is 0 Å². The van der Waals surface area contributed by atoms with Gasteiger partial charge in [-0.3, -0.25) is 9.78 Å². The zero-order chi connectivity index (χ0) is 19.5. The minimum absolute atomic E-state index is 0.113. The number of benzene rings is 3. The van der Waals surface area contributed by atoms with Gasteiger partial charge in [0.15, 0.2) is 5.78 Å². The first-order chi connectivity index (χ1) is 13.6. The molecule has 0 amide bonds. The number of rotatable bonds is 4. The first-order valence-electron chi connectivity index (χ1n) is 9.10. The second-order valence-electron chi connectivity index (χ2n) is 6.62. The molecule has 28 heavy (non-hydrogen) atoms. The monoisotopic (exact) mass is 365 g/mol. The molecule has 1 aromatic heterocycles. The largest absolute Gasteiger partial charge is 0.508 e. The van der Waals surface area contributed by atoms with Crippen molar-refractivity contribution in [1.29, 1.82) is 0 Å². The van der Waals surface area contributed by atoms with E-state index in [2.05, 4.69) is 4.98 Å². The highest BCUT2D eigenvalue weighted by atomic mass is 16.3. The van der Waals surface area contributed by atoms with Crippen LogP contribution in [0.2, 0.25) is 0 Å². The van der Waals surface area contributed by atoms with Crippen molar-refractivity contribution in [3.8, 4) is 16.9 Å². The first-order valence-corrected chi connectivity index (χ1v) is 9.10. The Labute approximate surface area is 163 Å². The zero-order valence-corrected chi connectivity index (χ0v) is 15.5. The predicted octanol–water partition coefficient (Wildman–Crippen LogP) is 5.81. The summed E-state index contributed by atoms with van der Waals surface area (Å²) in [4.78, 5) is 17.8. The number of ketones is 1. The average molecular weight is 365 g/mol. The molecule has 0 aliphatic carbocycles. The summed E-state index contributed by atoms with van der Waals surface area (Å²) in [5.41, 5.74) is 4.81. The minimum Gasteiger partial charge on any atom is -0.508 e. The number of aryl methyl sites for hydroxylation is 1. The second kappa shape index (κ2) is 7.49. The Kier molecular flexibility index (Phi) is 4.73. The second-order valence-corrected chi connectivity index (χ2v) is 6.62. The molecule has 4 aromatic rings. The zero-order valence-electron chi connectivity index (χ0n) is 15.5. The van der Waals surface area contributed by atoms with Crippen LogP contribution in [0.5, 0.6) is 5.75 Å². The van der Waals surface area contributed by atoms with Gasteiger partial charge in [0.2, 0.25) is 0 Å². The van der Waals surface area contributed by atoms with Crippen LogP contribution >= 0.6 is 0 Å². The number of fused-ring (bicyclic) bond motifs is 1. The number of pyridine rings is 1. The molecule has 0 aliphatic rings. The third kappa shape index (κ3) is 3.42. The standard InChI is InChI=1S/C25H19NO2/c1-17-24(23(28)15-14-18-8-7-11-20(27)16-18)25(19-9-3-2-4-10-19)21-12-5-6-13-22(21)26-17/h2-16,27H,1H3/b15-14+. The summed E-state index contributed by atoms with van der Waals surface area (Å²) in [6, 6.07) is 24.6. The van der Waals surface area contributed by atoms with Crippen LogP contribution in [0, 0.1) is 6.92 Å². The van der Waals surface area contributed by atoms with Gasteiger partial charge in [-0.2, -0.15) is 0 Å². The lowest BCUT2D eigenvalue weighted by atomic mass is 9.92. The van der Waals surface area contributed by atoms with Crippen molar-refractivity contribution in [2.45, 2.75) is 6.92 Å². The van der Waals surface area contributed by atoms with Crippen LogP contribution in [0.1, 0.15) is 21.6 Å². The molecule has 1 heterocycles. The molecule has 0 unspecified atom stereocenters. The van der Waals surface area contributed by atoms with E-state index >= 15 is 0 Å². The summed E-state index contributed by atoms with van der Waals surface area (Å²) in [7, 11) is 0. The van der Waals surface area contributed by atoms with Gasteiger partial charge in [0.1, 0.15) is 5.75 Å². The van der Waals surface area contributed by atoms with Crippen molar-refractivity contribution in [3.63, 3.8) is 0 Å². The van der Waals surface area contributed by atoms with Gasteiger partial charge in [0.25, 0.3) is 0 Å². The molecule has 3 aromatic carbocycles. The van der Waals surface area contributed by atoms with Crippen LogP contribution in [0.4, 0.5) is 0 Å². The molecule has 0 aliphatic heterocycles. The molecule has 0 saturated heterocycles. The third-order valence-electron chi connectivity index (χ3n) is 4.68. The van der Waals surface area contributed by atoms with Gasteiger partial charge in [-0.05, 0) is 42.3 Å². The summed E-state index contributed by atoms with van der Waals surface area (Å²) in [6.45, 7) is 1.87. The van der Waals surface area contributed by atoms with Crippen molar-refractivity contribution in [1.82, 2.24) is 4.98 Å². The van der Waals surface area contributed by atoms with E-state index in [1.54, 1.807) is 30.4 Å². The molecular formula is C25H19NO2. The van der Waals surface area contributed by atoms with E-state index in [1.807, 2.05) is 67.6 Å². The summed E-state index contributed by atoms with van der Waals surface area (Å²) in [5.74, 6) is 0.0566. The Bertz CT molecular complexity index is 1190. The highest BCUT2D eigenvalue weighted by Gasteiger charge is 2.18. The van der Waals surface area contributed by atoms with Gasteiger partial charge in [-0.1, -0.05) is 66.7 Å². The smallest absolute Gasteiger partial charge is 0.188 e. The lowest BCUT2D eigenvalue weighted by molar-refractivity contribution is 0.104. The predicted molar refractivity (Wildman–Crippen MR) is 113 cm³/mol. The third-order valence-corrected chi connectivity index (χ3v) is 4.68. The summed E-state index contributed by atoms with van der Waals surface area (Å²) >= 11 is 0. The Hall–Kier alpha value is -3.72. The molecule has 136 valence electrons. The summed E-state index contributed by atoms with van der Waals surface area (Å²) < 4.78 is 0. The maximum absolute atomic E-state index is 13.2. The van der Waals surface area contributed by atoms with E-state index in [4.69, 9.17) is 0 Å². The van der Waals surface area contributed by atoms with Crippen LogP contribution in [-0.2, 0) is 0 Å². The number of nitrogens with zero attached hydrogens (tertiary/aromatic N) is 1. The van der Waals surface area contributed by atoms with Gasteiger partial charge in [0, 0.05) is 16.6 Å². The fourth-order valence-corrected chi connectivity index (χ4v) is 3.42. The van der Waals surface area contributed by atoms with Crippen molar-refractivity contribution in [2.75, 3.05) is 0 Å². The molecule has 0 saturated carbocycles. The fourth-order valence-electron chi connectivity index (χ4n) is 3.42. The van der Waals surface area contributed by atoms with Gasteiger partial charge < -0.3 is 5.11 Å². The van der Waals surface area contributed by atoms with Crippen LogP contribution in [-0.4, -0.2) is 15.9 Å². The Morgan fingerprint density at radius 2 is 1.68 bits per heavy atom. The summed E-state index contributed by atoms with van der Waals surface area (Å²) in [6.07, 6.45) is 3.26. The highest BCUT2D eigenvalue weighted by Crippen LogP contribution is 2.33. The van der Waals surface area contributed by atoms with E-state index in [-0.39, 0.29) is 11.5 Å². The minimum atomic E-state index is -0.113. The highest BCUT2D eigenvalue weighted by molar-refractivity contribution is 6.16.